The Bertz CT molecular complexity index is 603. The van der Waals surface area contributed by atoms with Gasteiger partial charge in [-0.05, 0) is 25.7 Å². The third-order valence-electron chi connectivity index (χ3n) is 4.17. The zero-order valence-electron chi connectivity index (χ0n) is 13.6. The van der Waals surface area contributed by atoms with Crippen LogP contribution in [0.5, 0.6) is 0 Å². The first-order chi connectivity index (χ1) is 10.6. The molecule has 6 heteroatoms. The summed E-state index contributed by atoms with van der Waals surface area (Å²) in [7, 11) is 0. The summed E-state index contributed by atoms with van der Waals surface area (Å²) < 4.78 is 8.00. The minimum atomic E-state index is 0.0683. The smallest absolute Gasteiger partial charge is 0.233 e. The Morgan fingerprint density at radius 3 is 3.05 bits per heavy atom. The Morgan fingerprint density at radius 1 is 1.36 bits per heavy atom. The molecule has 0 fully saturated rings. The van der Waals surface area contributed by atoms with E-state index in [-0.39, 0.29) is 6.04 Å². The molecule has 0 aromatic carbocycles. The van der Waals surface area contributed by atoms with Crippen LogP contribution in [0, 0.1) is 5.92 Å². The lowest BCUT2D eigenvalue weighted by Gasteiger charge is -2.24. The van der Waals surface area contributed by atoms with E-state index in [1.54, 1.807) is 0 Å². The normalized spacial score (nSPS) is 19.4. The third-order valence-corrected chi connectivity index (χ3v) is 4.17. The molecule has 3 heterocycles. The standard InChI is InChI=1S/C16H25N5O/c1-11(2)9-14-19-20-16(22-14)12(3)18-10-13-5-4-7-21-8-6-17-15(13)21/h6,8,11-13,18H,4-5,7,9-10H2,1-3H3. The molecule has 6 nitrogen and oxygen atoms in total. The van der Waals surface area contributed by atoms with Crippen molar-refractivity contribution in [2.45, 2.75) is 58.5 Å². The summed E-state index contributed by atoms with van der Waals surface area (Å²) >= 11 is 0. The molecule has 22 heavy (non-hydrogen) atoms. The van der Waals surface area contributed by atoms with Crippen molar-refractivity contribution in [1.29, 1.82) is 0 Å². The van der Waals surface area contributed by atoms with Crippen LogP contribution in [0.15, 0.2) is 16.8 Å². The van der Waals surface area contributed by atoms with Gasteiger partial charge in [-0.1, -0.05) is 13.8 Å². The maximum atomic E-state index is 5.75. The molecule has 1 aliphatic rings. The zero-order valence-corrected chi connectivity index (χ0v) is 13.6. The van der Waals surface area contributed by atoms with Crippen LogP contribution < -0.4 is 5.32 Å². The number of aryl methyl sites for hydroxylation is 1. The van der Waals surface area contributed by atoms with E-state index in [0.29, 0.717) is 17.7 Å². The van der Waals surface area contributed by atoms with Crippen molar-refractivity contribution in [2.24, 2.45) is 5.92 Å². The molecule has 0 spiro atoms. The number of imidazole rings is 1. The van der Waals surface area contributed by atoms with Crippen molar-refractivity contribution in [1.82, 2.24) is 25.1 Å². The Labute approximate surface area is 131 Å². The number of nitrogens with one attached hydrogen (secondary N) is 1. The average Bonchev–Trinajstić information content (AvgIpc) is 3.12. The van der Waals surface area contributed by atoms with E-state index in [1.807, 2.05) is 6.20 Å². The van der Waals surface area contributed by atoms with Gasteiger partial charge in [0.25, 0.3) is 0 Å². The van der Waals surface area contributed by atoms with Crippen molar-refractivity contribution < 1.29 is 4.42 Å². The average molecular weight is 303 g/mol. The molecule has 1 N–H and O–H groups in total. The molecule has 2 unspecified atom stereocenters. The van der Waals surface area contributed by atoms with Crippen molar-refractivity contribution in [2.75, 3.05) is 6.54 Å². The van der Waals surface area contributed by atoms with Crippen LogP contribution in [0.2, 0.25) is 0 Å². The van der Waals surface area contributed by atoms with E-state index in [4.69, 9.17) is 4.42 Å². The Hall–Kier alpha value is -1.69. The van der Waals surface area contributed by atoms with Crippen LogP contribution in [-0.2, 0) is 13.0 Å². The molecule has 0 aliphatic carbocycles. The summed E-state index contributed by atoms with van der Waals surface area (Å²) in [5.41, 5.74) is 0. The molecule has 0 saturated carbocycles. The van der Waals surface area contributed by atoms with Gasteiger partial charge in [0.05, 0.1) is 6.04 Å². The first kappa shape index (κ1) is 15.2. The molecule has 2 aromatic rings. The number of hydrogen-bond acceptors (Lipinski definition) is 5. The molecule has 0 saturated heterocycles. The molecular formula is C16H25N5O. The summed E-state index contributed by atoms with van der Waals surface area (Å²) in [5.74, 6) is 3.58. The number of nitrogens with zero attached hydrogens (tertiary/aromatic N) is 4. The Morgan fingerprint density at radius 2 is 2.23 bits per heavy atom. The van der Waals surface area contributed by atoms with Crippen LogP contribution in [0.1, 0.15) is 63.2 Å². The van der Waals surface area contributed by atoms with E-state index in [9.17, 15) is 0 Å². The fourth-order valence-electron chi connectivity index (χ4n) is 2.98. The second kappa shape index (κ2) is 6.60. The van der Waals surface area contributed by atoms with Gasteiger partial charge in [-0.25, -0.2) is 4.98 Å². The van der Waals surface area contributed by atoms with Gasteiger partial charge in [-0.3, -0.25) is 0 Å². The highest BCUT2D eigenvalue weighted by Gasteiger charge is 2.23. The molecule has 0 amide bonds. The first-order valence-electron chi connectivity index (χ1n) is 8.20. The molecule has 3 rings (SSSR count). The highest BCUT2D eigenvalue weighted by Crippen LogP contribution is 2.25. The number of rotatable bonds is 6. The minimum absolute atomic E-state index is 0.0683. The number of hydrogen-bond donors (Lipinski definition) is 1. The van der Waals surface area contributed by atoms with Crippen LogP contribution in [0.3, 0.4) is 0 Å². The largest absolute Gasteiger partial charge is 0.424 e. The minimum Gasteiger partial charge on any atom is -0.424 e. The highest BCUT2D eigenvalue weighted by atomic mass is 16.4. The van der Waals surface area contributed by atoms with E-state index < -0.39 is 0 Å². The predicted octanol–water partition coefficient (Wildman–Crippen LogP) is 2.69. The first-order valence-corrected chi connectivity index (χ1v) is 8.20. The van der Waals surface area contributed by atoms with Crippen molar-refractivity contribution >= 4 is 0 Å². The third kappa shape index (κ3) is 3.38. The molecule has 1 aliphatic heterocycles. The zero-order chi connectivity index (χ0) is 15.5. The highest BCUT2D eigenvalue weighted by molar-refractivity contribution is 5.04. The maximum absolute atomic E-state index is 5.75. The second-order valence-corrected chi connectivity index (χ2v) is 6.58. The lowest BCUT2D eigenvalue weighted by atomic mass is 9.98. The van der Waals surface area contributed by atoms with E-state index >= 15 is 0 Å². The Kier molecular flexibility index (Phi) is 4.57. The quantitative estimate of drug-likeness (QED) is 0.888. The van der Waals surface area contributed by atoms with Gasteiger partial charge in [0, 0.05) is 37.8 Å². The van der Waals surface area contributed by atoms with Gasteiger partial charge in [0.1, 0.15) is 5.82 Å². The van der Waals surface area contributed by atoms with E-state index in [0.717, 1.165) is 25.4 Å². The molecule has 2 atom stereocenters. The van der Waals surface area contributed by atoms with Gasteiger partial charge >= 0.3 is 0 Å². The predicted molar refractivity (Wildman–Crippen MR) is 83.5 cm³/mol. The van der Waals surface area contributed by atoms with Crippen LogP contribution >= 0.6 is 0 Å². The molecule has 2 aromatic heterocycles. The van der Waals surface area contributed by atoms with Gasteiger partial charge in [-0.2, -0.15) is 0 Å². The van der Waals surface area contributed by atoms with Gasteiger partial charge in [-0.15, -0.1) is 10.2 Å². The topological polar surface area (TPSA) is 68.8 Å². The van der Waals surface area contributed by atoms with Gasteiger partial charge < -0.3 is 14.3 Å². The van der Waals surface area contributed by atoms with Crippen molar-refractivity contribution in [3.8, 4) is 0 Å². The molecule has 0 bridgehead atoms. The number of fused-ring (bicyclic) bond motifs is 1. The monoisotopic (exact) mass is 303 g/mol. The molecular weight excluding hydrogens is 278 g/mol. The van der Waals surface area contributed by atoms with Crippen LogP contribution in [-0.4, -0.2) is 26.3 Å². The van der Waals surface area contributed by atoms with E-state index in [1.165, 1.54) is 18.7 Å². The lowest BCUT2D eigenvalue weighted by molar-refractivity contribution is 0.359. The number of aromatic nitrogens is 4. The Balaban J connectivity index is 1.57. The molecule has 0 radical (unpaired) electrons. The van der Waals surface area contributed by atoms with Crippen molar-refractivity contribution in [3.63, 3.8) is 0 Å². The fourth-order valence-corrected chi connectivity index (χ4v) is 2.98. The maximum Gasteiger partial charge on any atom is 0.233 e. The summed E-state index contributed by atoms with van der Waals surface area (Å²) in [6, 6.07) is 0.0683. The van der Waals surface area contributed by atoms with Crippen LogP contribution in [0.25, 0.3) is 0 Å². The summed E-state index contributed by atoms with van der Waals surface area (Å²) in [4.78, 5) is 4.50. The summed E-state index contributed by atoms with van der Waals surface area (Å²) in [6.07, 6.45) is 7.19. The van der Waals surface area contributed by atoms with Gasteiger partial charge in [0.15, 0.2) is 0 Å². The molecule has 120 valence electrons. The van der Waals surface area contributed by atoms with Crippen molar-refractivity contribution in [3.05, 3.63) is 30.0 Å². The second-order valence-electron chi connectivity index (χ2n) is 6.58. The van der Waals surface area contributed by atoms with E-state index in [2.05, 4.69) is 52.0 Å². The fraction of sp³-hybridized carbons (Fsp3) is 0.688. The summed E-state index contributed by atoms with van der Waals surface area (Å²) in [6.45, 7) is 8.35. The lowest BCUT2D eigenvalue weighted by Crippen LogP contribution is -2.28. The van der Waals surface area contributed by atoms with Gasteiger partial charge in [0.2, 0.25) is 11.8 Å². The summed E-state index contributed by atoms with van der Waals surface area (Å²) in [5, 5.41) is 11.8. The van der Waals surface area contributed by atoms with Crippen LogP contribution in [0.4, 0.5) is 0 Å². The SMILES string of the molecule is CC(C)Cc1nnc(C(C)NCC2CCCn3ccnc32)o1.